The number of carboxylic acids is 1. The van der Waals surface area contributed by atoms with Gasteiger partial charge >= 0.3 is 12.1 Å². The Morgan fingerprint density at radius 3 is 1.95 bits per heavy atom. The fourth-order valence-corrected chi connectivity index (χ4v) is 2.24. The first-order chi connectivity index (χ1) is 8.42. The number of carboxylic acid groups (broad SMARTS) is 1. The molecule has 0 saturated heterocycles. The normalized spacial score (nSPS) is 15.2. The molecule has 1 N–H and O–H groups in total. The van der Waals surface area contributed by atoms with E-state index in [-0.39, 0.29) is 12.8 Å². The Labute approximate surface area is 110 Å². The number of amides is 1. The van der Waals surface area contributed by atoms with Crippen LogP contribution in [0.25, 0.3) is 0 Å². The van der Waals surface area contributed by atoms with Crippen molar-refractivity contribution >= 4 is 11.9 Å². The summed E-state index contributed by atoms with van der Waals surface area (Å²) in [6.07, 6.45) is -5.94. The van der Waals surface area contributed by atoms with Gasteiger partial charge in [0, 0.05) is 19.4 Å². The molecule has 19 heavy (non-hydrogen) atoms. The number of nitrogens with zero attached hydrogens (tertiary/aromatic N) is 1. The van der Waals surface area contributed by atoms with E-state index in [4.69, 9.17) is 0 Å². The minimum Gasteiger partial charge on any atom is -0.480 e. The summed E-state index contributed by atoms with van der Waals surface area (Å²) in [6.45, 7) is 5.76. The van der Waals surface area contributed by atoms with E-state index in [2.05, 4.69) is 0 Å². The van der Waals surface area contributed by atoms with Crippen molar-refractivity contribution in [3.05, 3.63) is 0 Å². The fraction of sp³-hybridized carbons (Fsp3) is 0.833. The molecule has 0 aromatic carbocycles. The maximum absolute atomic E-state index is 12.1. The highest BCUT2D eigenvalue weighted by atomic mass is 19.4. The van der Waals surface area contributed by atoms with Crippen LogP contribution in [0.15, 0.2) is 0 Å². The average Bonchev–Trinajstić information content (AvgIpc) is 2.13. The van der Waals surface area contributed by atoms with Crippen LogP contribution in [0.5, 0.6) is 0 Å². The van der Waals surface area contributed by atoms with Crippen LogP contribution in [0.3, 0.4) is 0 Å². The van der Waals surface area contributed by atoms with Crippen LogP contribution in [0.1, 0.15) is 47.0 Å². The Balaban J connectivity index is 5.04. The van der Waals surface area contributed by atoms with Gasteiger partial charge in [-0.2, -0.15) is 13.2 Å². The van der Waals surface area contributed by atoms with Crippen LogP contribution in [-0.4, -0.2) is 39.6 Å². The van der Waals surface area contributed by atoms with Gasteiger partial charge in [0.25, 0.3) is 0 Å². The summed E-state index contributed by atoms with van der Waals surface area (Å²) in [4.78, 5) is 24.0. The second-order valence-electron chi connectivity index (χ2n) is 5.03. The van der Waals surface area contributed by atoms with Crippen molar-refractivity contribution in [1.29, 1.82) is 0 Å². The van der Waals surface area contributed by atoms with Gasteiger partial charge in [-0.3, -0.25) is 4.79 Å². The van der Waals surface area contributed by atoms with E-state index in [9.17, 15) is 27.9 Å². The van der Waals surface area contributed by atoms with Crippen molar-refractivity contribution in [2.45, 2.75) is 64.7 Å². The minimum atomic E-state index is -4.32. The molecule has 1 unspecified atom stereocenters. The number of rotatable bonds is 6. The largest absolute Gasteiger partial charge is 0.480 e. The monoisotopic (exact) mass is 283 g/mol. The third-order valence-electron chi connectivity index (χ3n) is 2.97. The first-order valence-electron chi connectivity index (χ1n) is 6.02. The molecule has 0 fully saturated rings. The summed E-state index contributed by atoms with van der Waals surface area (Å²) in [5.74, 6) is -1.76. The van der Waals surface area contributed by atoms with Crippen molar-refractivity contribution in [3.8, 4) is 0 Å². The third kappa shape index (κ3) is 5.08. The van der Waals surface area contributed by atoms with E-state index in [0.717, 1.165) is 4.90 Å². The maximum atomic E-state index is 12.1. The van der Waals surface area contributed by atoms with Crippen LogP contribution in [0, 0.1) is 0 Å². The fourth-order valence-electron chi connectivity index (χ4n) is 2.24. The van der Waals surface area contributed by atoms with E-state index < -0.39 is 36.1 Å². The van der Waals surface area contributed by atoms with Crippen molar-refractivity contribution in [2.75, 3.05) is 0 Å². The number of hydrogen-bond acceptors (Lipinski definition) is 2. The lowest BCUT2D eigenvalue weighted by Gasteiger charge is -2.40. The van der Waals surface area contributed by atoms with Crippen LogP contribution in [0.2, 0.25) is 0 Å². The number of carbonyl (C=O) groups is 2. The van der Waals surface area contributed by atoms with Gasteiger partial charge in [-0.1, -0.05) is 0 Å². The standard InChI is InChI=1S/C12H20F3NO3/c1-8(2)16(9(3)17)11(4,10(18)19)6-5-7-12(13,14)15/h8H,5-7H2,1-4H3,(H,18,19). The second-order valence-corrected chi connectivity index (χ2v) is 5.03. The first kappa shape index (κ1) is 17.7. The Hall–Kier alpha value is -1.27. The summed E-state index contributed by atoms with van der Waals surface area (Å²) >= 11 is 0. The SMILES string of the molecule is CC(=O)N(C(C)C)C(C)(CCCC(F)(F)F)C(=O)O. The van der Waals surface area contributed by atoms with E-state index in [1.165, 1.54) is 13.8 Å². The average molecular weight is 283 g/mol. The number of aliphatic carboxylic acids is 1. The van der Waals surface area contributed by atoms with Gasteiger partial charge in [-0.25, -0.2) is 4.79 Å². The van der Waals surface area contributed by atoms with Crippen molar-refractivity contribution in [2.24, 2.45) is 0 Å². The van der Waals surface area contributed by atoms with Crippen molar-refractivity contribution in [1.82, 2.24) is 4.90 Å². The van der Waals surface area contributed by atoms with E-state index >= 15 is 0 Å². The molecule has 112 valence electrons. The molecular weight excluding hydrogens is 263 g/mol. The molecule has 0 saturated carbocycles. The molecule has 0 aliphatic carbocycles. The van der Waals surface area contributed by atoms with Gasteiger partial charge < -0.3 is 10.0 Å². The quantitative estimate of drug-likeness (QED) is 0.815. The zero-order chi connectivity index (χ0) is 15.4. The highest BCUT2D eigenvalue weighted by molar-refractivity contribution is 5.85. The molecule has 0 aliphatic heterocycles. The molecule has 0 heterocycles. The molecule has 0 aromatic rings. The Morgan fingerprint density at radius 1 is 1.21 bits per heavy atom. The van der Waals surface area contributed by atoms with Crippen LogP contribution in [-0.2, 0) is 9.59 Å². The molecule has 0 aromatic heterocycles. The highest BCUT2D eigenvalue weighted by Gasteiger charge is 2.43. The zero-order valence-electron chi connectivity index (χ0n) is 11.5. The summed E-state index contributed by atoms with van der Waals surface area (Å²) in [6, 6.07) is -0.399. The van der Waals surface area contributed by atoms with Crippen LogP contribution >= 0.6 is 0 Å². The third-order valence-corrected chi connectivity index (χ3v) is 2.97. The van der Waals surface area contributed by atoms with E-state index in [1.807, 2.05) is 0 Å². The number of alkyl halides is 3. The maximum Gasteiger partial charge on any atom is 0.389 e. The lowest BCUT2D eigenvalue weighted by Crippen LogP contribution is -2.57. The zero-order valence-corrected chi connectivity index (χ0v) is 11.5. The molecule has 4 nitrogen and oxygen atoms in total. The summed E-state index contributed by atoms with van der Waals surface area (Å²) in [5, 5.41) is 9.25. The molecule has 0 radical (unpaired) electrons. The number of carbonyl (C=O) groups excluding carboxylic acids is 1. The molecular formula is C12H20F3NO3. The van der Waals surface area contributed by atoms with Crippen molar-refractivity contribution < 1.29 is 27.9 Å². The number of hydrogen-bond donors (Lipinski definition) is 1. The molecule has 0 bridgehead atoms. The Bertz CT molecular complexity index is 342. The molecule has 7 heteroatoms. The molecule has 0 spiro atoms. The molecule has 0 aliphatic rings. The van der Waals surface area contributed by atoms with Gasteiger partial charge in [0.15, 0.2) is 0 Å². The van der Waals surface area contributed by atoms with Gasteiger partial charge in [-0.05, 0) is 33.6 Å². The molecule has 0 rings (SSSR count). The number of halogens is 3. The van der Waals surface area contributed by atoms with E-state index in [0.29, 0.717) is 0 Å². The minimum absolute atomic E-state index is 0.237. The van der Waals surface area contributed by atoms with Crippen LogP contribution in [0.4, 0.5) is 13.2 Å². The lowest BCUT2D eigenvalue weighted by atomic mass is 9.91. The smallest absolute Gasteiger partial charge is 0.389 e. The van der Waals surface area contributed by atoms with Crippen LogP contribution < -0.4 is 0 Å². The van der Waals surface area contributed by atoms with E-state index in [1.54, 1.807) is 13.8 Å². The molecule has 1 atom stereocenters. The topological polar surface area (TPSA) is 57.6 Å². The van der Waals surface area contributed by atoms with Gasteiger partial charge in [0.2, 0.25) is 5.91 Å². The van der Waals surface area contributed by atoms with Crippen molar-refractivity contribution in [3.63, 3.8) is 0 Å². The second kappa shape index (κ2) is 6.25. The predicted octanol–water partition coefficient (Wildman–Crippen LogP) is 2.82. The Kier molecular flexibility index (Phi) is 5.83. The first-order valence-corrected chi connectivity index (χ1v) is 6.02. The van der Waals surface area contributed by atoms with Gasteiger partial charge in [0.1, 0.15) is 5.54 Å². The summed E-state index contributed by atoms with van der Waals surface area (Å²) in [5.41, 5.74) is -1.62. The lowest BCUT2D eigenvalue weighted by molar-refractivity contribution is -0.162. The summed E-state index contributed by atoms with van der Waals surface area (Å²) in [7, 11) is 0. The summed E-state index contributed by atoms with van der Waals surface area (Å²) < 4.78 is 36.4. The van der Waals surface area contributed by atoms with Gasteiger partial charge in [0.05, 0.1) is 0 Å². The predicted molar refractivity (Wildman–Crippen MR) is 63.6 cm³/mol. The van der Waals surface area contributed by atoms with Gasteiger partial charge in [-0.15, -0.1) is 0 Å². The highest BCUT2D eigenvalue weighted by Crippen LogP contribution is 2.29. The molecule has 1 amide bonds. The Morgan fingerprint density at radius 2 is 1.68 bits per heavy atom.